The summed E-state index contributed by atoms with van der Waals surface area (Å²) < 4.78 is 0. The van der Waals surface area contributed by atoms with Crippen LogP contribution < -0.4 is 5.32 Å². The molecule has 0 bridgehead atoms. The van der Waals surface area contributed by atoms with E-state index >= 15 is 0 Å². The summed E-state index contributed by atoms with van der Waals surface area (Å²) in [7, 11) is 1.97. The summed E-state index contributed by atoms with van der Waals surface area (Å²) in [6, 6.07) is 0.369. The van der Waals surface area contributed by atoms with Gasteiger partial charge in [-0.2, -0.15) is 0 Å². The van der Waals surface area contributed by atoms with Crippen molar-refractivity contribution < 1.29 is 0 Å². The Kier molecular flexibility index (Phi) is 3.88. The van der Waals surface area contributed by atoms with Gasteiger partial charge in [0.05, 0.1) is 10.7 Å². The van der Waals surface area contributed by atoms with E-state index in [1.54, 1.807) is 11.3 Å². The van der Waals surface area contributed by atoms with Gasteiger partial charge >= 0.3 is 0 Å². The fraction of sp³-hybridized carbons (Fsp3) is 0.700. The molecule has 0 aliphatic carbocycles. The molecule has 1 N–H and O–H groups in total. The van der Waals surface area contributed by atoms with Gasteiger partial charge in [0, 0.05) is 17.3 Å². The van der Waals surface area contributed by atoms with Gasteiger partial charge in [0.25, 0.3) is 0 Å². The van der Waals surface area contributed by atoms with Crippen molar-refractivity contribution in [2.24, 2.45) is 0 Å². The Hall–Kier alpha value is -0.410. The molecule has 3 heteroatoms. The average Bonchev–Trinajstić information content (AvgIpc) is 2.64. The molecule has 0 spiro atoms. The molecular formula is C10H18N2S. The molecule has 74 valence electrons. The molecule has 2 nitrogen and oxygen atoms in total. The van der Waals surface area contributed by atoms with Gasteiger partial charge < -0.3 is 5.32 Å². The Morgan fingerprint density at radius 1 is 1.54 bits per heavy atom. The van der Waals surface area contributed by atoms with E-state index in [9.17, 15) is 0 Å². The summed E-state index contributed by atoms with van der Waals surface area (Å²) in [6.45, 7) is 6.56. The molecule has 0 radical (unpaired) electrons. The molecule has 1 heterocycles. The quantitative estimate of drug-likeness (QED) is 0.804. The van der Waals surface area contributed by atoms with Crippen LogP contribution in [0.5, 0.6) is 0 Å². The van der Waals surface area contributed by atoms with Crippen LogP contribution in [0.3, 0.4) is 0 Å². The van der Waals surface area contributed by atoms with Crippen LogP contribution >= 0.6 is 11.3 Å². The summed E-state index contributed by atoms with van der Waals surface area (Å²) in [4.78, 5) is 4.61. The first-order valence-electron chi connectivity index (χ1n) is 4.81. The van der Waals surface area contributed by atoms with E-state index in [2.05, 4.69) is 36.5 Å². The van der Waals surface area contributed by atoms with Crippen molar-refractivity contribution in [3.8, 4) is 0 Å². The van der Waals surface area contributed by atoms with Crippen LogP contribution in [0.25, 0.3) is 0 Å². The lowest BCUT2D eigenvalue weighted by Crippen LogP contribution is -2.12. The fourth-order valence-electron chi connectivity index (χ4n) is 1.05. The van der Waals surface area contributed by atoms with Crippen LogP contribution in [0.4, 0.5) is 0 Å². The van der Waals surface area contributed by atoms with Gasteiger partial charge in [-0.15, -0.1) is 11.3 Å². The molecule has 1 rings (SSSR count). The summed E-state index contributed by atoms with van der Waals surface area (Å²) >= 11 is 1.77. The first-order chi connectivity index (χ1) is 6.19. The molecule has 0 aliphatic rings. The zero-order valence-electron chi connectivity index (χ0n) is 8.79. The molecule has 0 amide bonds. The highest BCUT2D eigenvalue weighted by Gasteiger charge is 2.11. The topological polar surface area (TPSA) is 24.9 Å². The van der Waals surface area contributed by atoms with E-state index in [4.69, 9.17) is 0 Å². The van der Waals surface area contributed by atoms with Crippen LogP contribution in [0.15, 0.2) is 5.38 Å². The van der Waals surface area contributed by atoms with Crippen molar-refractivity contribution in [2.45, 2.75) is 39.2 Å². The second-order valence-corrected chi connectivity index (χ2v) is 4.32. The number of aromatic nitrogens is 1. The van der Waals surface area contributed by atoms with Gasteiger partial charge in [-0.05, 0) is 20.4 Å². The van der Waals surface area contributed by atoms with Gasteiger partial charge in [0.15, 0.2) is 0 Å². The molecule has 13 heavy (non-hydrogen) atoms. The Bertz CT molecular complexity index is 233. The van der Waals surface area contributed by atoms with Crippen molar-refractivity contribution in [2.75, 3.05) is 7.05 Å². The molecular weight excluding hydrogens is 180 g/mol. The normalized spacial score (nSPS) is 15.7. The lowest BCUT2D eigenvalue weighted by atomic mass is 10.1. The maximum Gasteiger partial charge on any atom is 0.0957 e. The average molecular weight is 198 g/mol. The molecule has 2 unspecified atom stereocenters. The monoisotopic (exact) mass is 198 g/mol. The van der Waals surface area contributed by atoms with Crippen molar-refractivity contribution in [1.82, 2.24) is 10.3 Å². The molecule has 0 aliphatic heterocycles. The van der Waals surface area contributed by atoms with Gasteiger partial charge in [0.1, 0.15) is 0 Å². The van der Waals surface area contributed by atoms with Crippen molar-refractivity contribution in [3.63, 3.8) is 0 Å². The summed E-state index contributed by atoms with van der Waals surface area (Å²) in [5.74, 6) is 0.600. The molecule has 1 aromatic heterocycles. The second kappa shape index (κ2) is 4.72. The molecule has 0 saturated heterocycles. The standard InChI is InChI=1S/C10H18N2S/c1-5-7(2)10-12-9(6-13-10)8(3)11-4/h6-8,11H,5H2,1-4H3. The van der Waals surface area contributed by atoms with Crippen LogP contribution in [-0.4, -0.2) is 12.0 Å². The number of rotatable bonds is 4. The minimum Gasteiger partial charge on any atom is -0.312 e. The Morgan fingerprint density at radius 3 is 2.77 bits per heavy atom. The number of thiazole rings is 1. The molecule has 1 aromatic rings. The minimum absolute atomic E-state index is 0.369. The maximum absolute atomic E-state index is 4.61. The highest BCUT2D eigenvalue weighted by atomic mass is 32.1. The fourth-order valence-corrected chi connectivity index (χ4v) is 2.10. The maximum atomic E-state index is 4.61. The predicted molar refractivity (Wildman–Crippen MR) is 58.3 cm³/mol. The lowest BCUT2D eigenvalue weighted by molar-refractivity contribution is 0.628. The number of hydrogen-bond donors (Lipinski definition) is 1. The van der Waals surface area contributed by atoms with Crippen molar-refractivity contribution in [1.29, 1.82) is 0 Å². The zero-order valence-corrected chi connectivity index (χ0v) is 9.61. The first kappa shape index (κ1) is 10.7. The highest BCUT2D eigenvalue weighted by molar-refractivity contribution is 7.09. The lowest BCUT2D eigenvalue weighted by Gasteiger charge is -2.06. The van der Waals surface area contributed by atoms with Gasteiger partial charge in [0.2, 0.25) is 0 Å². The Balaban J connectivity index is 2.74. The number of hydrogen-bond acceptors (Lipinski definition) is 3. The van der Waals surface area contributed by atoms with Crippen LogP contribution in [-0.2, 0) is 0 Å². The zero-order chi connectivity index (χ0) is 9.84. The second-order valence-electron chi connectivity index (χ2n) is 3.43. The molecule has 2 atom stereocenters. The van der Waals surface area contributed by atoms with E-state index in [-0.39, 0.29) is 0 Å². The van der Waals surface area contributed by atoms with Crippen LogP contribution in [0.1, 0.15) is 49.9 Å². The third kappa shape index (κ3) is 2.51. The van der Waals surface area contributed by atoms with Gasteiger partial charge in [-0.1, -0.05) is 13.8 Å². The largest absolute Gasteiger partial charge is 0.312 e. The van der Waals surface area contributed by atoms with Crippen LogP contribution in [0, 0.1) is 0 Å². The van der Waals surface area contributed by atoms with Crippen molar-refractivity contribution in [3.05, 3.63) is 16.1 Å². The summed E-state index contributed by atoms with van der Waals surface area (Å²) in [6.07, 6.45) is 1.17. The van der Waals surface area contributed by atoms with E-state index in [1.807, 2.05) is 7.05 Å². The summed E-state index contributed by atoms with van der Waals surface area (Å²) in [5, 5.41) is 6.61. The third-order valence-corrected chi connectivity index (χ3v) is 3.54. The van der Waals surface area contributed by atoms with E-state index in [0.717, 1.165) is 0 Å². The molecule has 0 saturated carbocycles. The SMILES string of the molecule is CCC(C)c1nc(C(C)NC)cs1. The molecule has 0 fully saturated rings. The number of nitrogens with one attached hydrogen (secondary N) is 1. The van der Waals surface area contributed by atoms with Gasteiger partial charge in [-0.25, -0.2) is 4.98 Å². The van der Waals surface area contributed by atoms with Crippen LogP contribution in [0.2, 0.25) is 0 Å². The molecule has 0 aromatic carbocycles. The smallest absolute Gasteiger partial charge is 0.0957 e. The van der Waals surface area contributed by atoms with E-state index in [0.29, 0.717) is 12.0 Å². The minimum atomic E-state index is 0.369. The Labute approximate surface area is 84.4 Å². The predicted octanol–water partition coefficient (Wildman–Crippen LogP) is 2.94. The first-order valence-corrected chi connectivity index (χ1v) is 5.69. The van der Waals surface area contributed by atoms with E-state index in [1.165, 1.54) is 17.1 Å². The third-order valence-electron chi connectivity index (χ3n) is 2.45. The van der Waals surface area contributed by atoms with E-state index < -0.39 is 0 Å². The summed E-state index contributed by atoms with van der Waals surface area (Å²) in [5.41, 5.74) is 1.17. The highest BCUT2D eigenvalue weighted by Crippen LogP contribution is 2.24. The number of nitrogens with zero attached hydrogens (tertiary/aromatic N) is 1. The van der Waals surface area contributed by atoms with Gasteiger partial charge in [-0.3, -0.25) is 0 Å². The van der Waals surface area contributed by atoms with Crippen molar-refractivity contribution >= 4 is 11.3 Å². The Morgan fingerprint density at radius 2 is 2.23 bits per heavy atom.